The Labute approximate surface area is 135 Å². The molecule has 2 nitrogen and oxygen atoms in total. The van der Waals surface area contributed by atoms with Gasteiger partial charge in [-0.15, -0.1) is 0 Å². The molecular weight excluding hydrogens is 326 g/mol. The first kappa shape index (κ1) is 16.1. The van der Waals surface area contributed by atoms with Crippen LogP contribution in [0.25, 0.3) is 0 Å². The van der Waals surface area contributed by atoms with Gasteiger partial charge in [0.1, 0.15) is 5.75 Å². The van der Waals surface area contributed by atoms with E-state index in [9.17, 15) is 0 Å². The molecule has 3 heteroatoms. The Balaban J connectivity index is 1.91. The Morgan fingerprint density at radius 2 is 1.62 bits per heavy atom. The van der Waals surface area contributed by atoms with Gasteiger partial charge in [-0.25, -0.2) is 0 Å². The lowest BCUT2D eigenvalue weighted by Crippen LogP contribution is -2.30. The third kappa shape index (κ3) is 4.87. The maximum absolute atomic E-state index is 5.19. The van der Waals surface area contributed by atoms with Gasteiger partial charge in [0.25, 0.3) is 0 Å². The maximum Gasteiger partial charge on any atom is 0.118 e. The topological polar surface area (TPSA) is 21.3 Å². The van der Waals surface area contributed by atoms with Crippen molar-refractivity contribution >= 4 is 15.9 Å². The van der Waals surface area contributed by atoms with E-state index in [1.165, 1.54) is 11.1 Å². The van der Waals surface area contributed by atoms with Crippen molar-refractivity contribution in [2.45, 2.75) is 32.4 Å². The van der Waals surface area contributed by atoms with E-state index in [4.69, 9.17) is 4.74 Å². The molecule has 0 aliphatic heterocycles. The highest BCUT2D eigenvalue weighted by Crippen LogP contribution is 2.18. The first-order valence-electron chi connectivity index (χ1n) is 7.23. The number of nitrogens with one attached hydrogen (secondary N) is 1. The predicted molar refractivity (Wildman–Crippen MR) is 91.9 cm³/mol. The van der Waals surface area contributed by atoms with E-state index in [1.54, 1.807) is 7.11 Å². The lowest BCUT2D eigenvalue weighted by atomic mass is 10.0. The summed E-state index contributed by atoms with van der Waals surface area (Å²) in [5, 5.41) is 3.64. The first-order chi connectivity index (χ1) is 10.1. The number of hydrogen-bond acceptors (Lipinski definition) is 2. The lowest BCUT2D eigenvalue weighted by Gasteiger charge is -2.20. The SMILES string of the molecule is COc1ccc([C@H](C)NC(C)Cc2ccc(Br)cc2)cc1. The minimum Gasteiger partial charge on any atom is -0.497 e. The molecule has 2 aromatic carbocycles. The molecule has 0 aromatic heterocycles. The summed E-state index contributed by atoms with van der Waals surface area (Å²) in [4.78, 5) is 0. The molecule has 0 radical (unpaired) electrons. The normalized spacial score (nSPS) is 13.7. The fourth-order valence-electron chi connectivity index (χ4n) is 2.45. The summed E-state index contributed by atoms with van der Waals surface area (Å²) in [6.45, 7) is 4.42. The van der Waals surface area contributed by atoms with Crippen LogP contribution in [-0.4, -0.2) is 13.2 Å². The summed E-state index contributed by atoms with van der Waals surface area (Å²) in [6, 6.07) is 17.5. The summed E-state index contributed by atoms with van der Waals surface area (Å²) < 4.78 is 6.32. The average molecular weight is 348 g/mol. The summed E-state index contributed by atoms with van der Waals surface area (Å²) in [7, 11) is 1.69. The molecule has 0 bridgehead atoms. The zero-order valence-corrected chi connectivity index (χ0v) is 14.4. The fraction of sp³-hybridized carbons (Fsp3) is 0.333. The predicted octanol–water partition coefficient (Wildman–Crippen LogP) is 4.74. The molecule has 0 saturated heterocycles. The molecule has 0 fully saturated rings. The second-order valence-electron chi connectivity index (χ2n) is 5.39. The Morgan fingerprint density at radius 3 is 2.19 bits per heavy atom. The molecular formula is C18H22BrNO. The highest BCUT2D eigenvalue weighted by atomic mass is 79.9. The van der Waals surface area contributed by atoms with E-state index >= 15 is 0 Å². The van der Waals surface area contributed by atoms with Crippen LogP contribution in [0.4, 0.5) is 0 Å². The van der Waals surface area contributed by atoms with Crippen molar-refractivity contribution in [3.8, 4) is 5.75 Å². The van der Waals surface area contributed by atoms with E-state index in [0.29, 0.717) is 12.1 Å². The summed E-state index contributed by atoms with van der Waals surface area (Å²) >= 11 is 3.47. The van der Waals surface area contributed by atoms with Crippen molar-refractivity contribution < 1.29 is 4.74 Å². The third-order valence-corrected chi connectivity index (χ3v) is 4.13. The van der Waals surface area contributed by atoms with Gasteiger partial charge in [-0.2, -0.15) is 0 Å². The van der Waals surface area contributed by atoms with Gasteiger partial charge in [-0.1, -0.05) is 40.2 Å². The van der Waals surface area contributed by atoms with E-state index < -0.39 is 0 Å². The number of hydrogen-bond donors (Lipinski definition) is 1. The van der Waals surface area contributed by atoms with Crippen LogP contribution in [0.15, 0.2) is 53.0 Å². The molecule has 2 atom stereocenters. The van der Waals surface area contributed by atoms with Gasteiger partial charge >= 0.3 is 0 Å². The van der Waals surface area contributed by atoms with E-state index in [2.05, 4.69) is 71.5 Å². The molecule has 1 N–H and O–H groups in total. The molecule has 0 saturated carbocycles. The zero-order chi connectivity index (χ0) is 15.2. The maximum atomic E-state index is 5.19. The highest BCUT2D eigenvalue weighted by molar-refractivity contribution is 9.10. The van der Waals surface area contributed by atoms with Crippen LogP contribution in [0.5, 0.6) is 5.75 Å². The van der Waals surface area contributed by atoms with E-state index in [-0.39, 0.29) is 0 Å². The van der Waals surface area contributed by atoms with Crippen LogP contribution in [-0.2, 0) is 6.42 Å². The van der Waals surface area contributed by atoms with Crippen molar-refractivity contribution in [3.05, 3.63) is 64.1 Å². The van der Waals surface area contributed by atoms with Crippen LogP contribution in [0.2, 0.25) is 0 Å². The standard InChI is InChI=1S/C18H22BrNO/c1-13(12-15-4-8-17(19)9-5-15)20-14(2)16-6-10-18(21-3)11-7-16/h4-11,13-14,20H,12H2,1-3H3/t13?,14-/m0/s1. The molecule has 21 heavy (non-hydrogen) atoms. The Bertz CT molecular complexity index is 550. The van der Waals surface area contributed by atoms with Gasteiger partial charge in [0.2, 0.25) is 0 Å². The van der Waals surface area contributed by atoms with Gasteiger partial charge in [-0.3, -0.25) is 0 Å². The van der Waals surface area contributed by atoms with Gasteiger partial charge in [0.05, 0.1) is 7.11 Å². The third-order valence-electron chi connectivity index (χ3n) is 3.61. The monoisotopic (exact) mass is 347 g/mol. The van der Waals surface area contributed by atoms with Crippen molar-refractivity contribution in [1.29, 1.82) is 0 Å². The first-order valence-corrected chi connectivity index (χ1v) is 8.02. The van der Waals surface area contributed by atoms with Crippen molar-refractivity contribution in [2.75, 3.05) is 7.11 Å². The minimum atomic E-state index is 0.321. The van der Waals surface area contributed by atoms with Gasteiger partial charge in [-0.05, 0) is 55.7 Å². The molecule has 0 aliphatic carbocycles. The molecule has 2 aromatic rings. The molecule has 2 rings (SSSR count). The lowest BCUT2D eigenvalue weighted by molar-refractivity contribution is 0.414. The number of methoxy groups -OCH3 is 1. The minimum absolute atomic E-state index is 0.321. The smallest absolute Gasteiger partial charge is 0.118 e. The molecule has 0 heterocycles. The second kappa shape index (κ2) is 7.62. The van der Waals surface area contributed by atoms with Crippen molar-refractivity contribution in [3.63, 3.8) is 0 Å². The second-order valence-corrected chi connectivity index (χ2v) is 6.31. The summed E-state index contributed by atoms with van der Waals surface area (Å²) in [5.74, 6) is 0.897. The number of halogens is 1. The zero-order valence-electron chi connectivity index (χ0n) is 12.8. The number of benzene rings is 2. The molecule has 112 valence electrons. The van der Waals surface area contributed by atoms with Gasteiger partial charge < -0.3 is 10.1 Å². The van der Waals surface area contributed by atoms with Gasteiger partial charge in [0, 0.05) is 16.6 Å². The highest BCUT2D eigenvalue weighted by Gasteiger charge is 2.10. The van der Waals surface area contributed by atoms with Crippen LogP contribution in [0.3, 0.4) is 0 Å². The van der Waals surface area contributed by atoms with Crippen molar-refractivity contribution in [2.24, 2.45) is 0 Å². The van der Waals surface area contributed by atoms with Crippen LogP contribution in [0, 0.1) is 0 Å². The molecule has 0 amide bonds. The average Bonchev–Trinajstić information content (AvgIpc) is 2.49. The molecule has 0 aliphatic rings. The van der Waals surface area contributed by atoms with E-state index in [0.717, 1.165) is 16.6 Å². The molecule has 0 spiro atoms. The largest absolute Gasteiger partial charge is 0.497 e. The molecule has 1 unspecified atom stereocenters. The van der Waals surface area contributed by atoms with Crippen LogP contribution in [0.1, 0.15) is 31.0 Å². The van der Waals surface area contributed by atoms with Crippen LogP contribution < -0.4 is 10.1 Å². The van der Waals surface area contributed by atoms with Crippen molar-refractivity contribution in [1.82, 2.24) is 5.32 Å². The van der Waals surface area contributed by atoms with Gasteiger partial charge in [0.15, 0.2) is 0 Å². The quantitative estimate of drug-likeness (QED) is 0.814. The Hall–Kier alpha value is -1.32. The Morgan fingerprint density at radius 1 is 1.00 bits per heavy atom. The Kier molecular flexibility index (Phi) is 5.83. The fourth-order valence-corrected chi connectivity index (χ4v) is 2.71. The van der Waals surface area contributed by atoms with E-state index in [1.807, 2.05) is 12.1 Å². The number of ether oxygens (including phenoxy) is 1. The summed E-state index contributed by atoms with van der Waals surface area (Å²) in [6.07, 6.45) is 1.02. The van der Waals surface area contributed by atoms with Crippen LogP contribution >= 0.6 is 15.9 Å². The number of rotatable bonds is 6. The summed E-state index contributed by atoms with van der Waals surface area (Å²) in [5.41, 5.74) is 2.62.